The summed E-state index contributed by atoms with van der Waals surface area (Å²) in [7, 11) is 0. The first kappa shape index (κ1) is 28.7. The van der Waals surface area contributed by atoms with Gasteiger partial charge in [0.15, 0.2) is 11.5 Å². The van der Waals surface area contributed by atoms with Gasteiger partial charge < -0.3 is 14.4 Å². The number of aromatic nitrogens is 1. The number of benzene rings is 1. The molecule has 0 aliphatic carbocycles. The average molecular weight is 484 g/mol. The largest absolute Gasteiger partial charge is 0.508 e. The minimum atomic E-state index is -0.286. The van der Waals surface area contributed by atoms with Crippen LogP contribution in [0.1, 0.15) is 120 Å². The maximum absolute atomic E-state index is 12.4. The van der Waals surface area contributed by atoms with Gasteiger partial charge in [0.05, 0.1) is 0 Å². The van der Waals surface area contributed by atoms with Crippen molar-refractivity contribution in [2.75, 3.05) is 0 Å². The molecular formula is C30H45NO4. The van der Waals surface area contributed by atoms with Crippen LogP contribution in [0.4, 0.5) is 0 Å². The Bertz CT molecular complexity index is 917. The molecule has 5 heteroatoms. The van der Waals surface area contributed by atoms with Gasteiger partial charge in [-0.3, -0.25) is 9.59 Å². The quantitative estimate of drug-likeness (QED) is 0.163. The number of Topliss-reactive ketones (excluding diaryl/α,β-unsaturated/α-hetero) is 1. The van der Waals surface area contributed by atoms with Crippen LogP contribution < -0.4 is 10.2 Å². The first-order chi connectivity index (χ1) is 17.0. The predicted octanol–water partition coefficient (Wildman–Crippen LogP) is 7.82. The van der Waals surface area contributed by atoms with Crippen molar-refractivity contribution in [2.45, 2.75) is 117 Å². The molecule has 0 bridgehead atoms. The van der Waals surface area contributed by atoms with Gasteiger partial charge in [0.25, 0.3) is 0 Å². The van der Waals surface area contributed by atoms with Crippen LogP contribution in [-0.2, 0) is 13.2 Å². The van der Waals surface area contributed by atoms with E-state index in [1.54, 1.807) is 30.5 Å². The highest BCUT2D eigenvalue weighted by molar-refractivity contribution is 5.95. The Morgan fingerprint density at radius 3 is 1.83 bits per heavy atom. The van der Waals surface area contributed by atoms with Crippen molar-refractivity contribution in [3.05, 3.63) is 58.0 Å². The lowest BCUT2D eigenvalue weighted by molar-refractivity contribution is 0.0997. The van der Waals surface area contributed by atoms with Crippen molar-refractivity contribution in [2.24, 2.45) is 0 Å². The zero-order valence-electron chi connectivity index (χ0n) is 21.9. The lowest BCUT2D eigenvalue weighted by atomic mass is 10.0. The molecule has 1 aromatic heterocycles. The van der Waals surface area contributed by atoms with Crippen LogP contribution in [-0.4, -0.2) is 15.5 Å². The van der Waals surface area contributed by atoms with E-state index < -0.39 is 0 Å². The van der Waals surface area contributed by atoms with E-state index in [1.807, 2.05) is 4.57 Å². The minimum Gasteiger partial charge on any atom is -0.508 e. The highest BCUT2D eigenvalue weighted by atomic mass is 16.5. The number of phenolic OH excluding ortho intramolecular Hbond substituents is 1. The Morgan fingerprint density at radius 1 is 0.800 bits per heavy atom. The molecule has 0 fully saturated rings. The predicted molar refractivity (Wildman–Crippen MR) is 143 cm³/mol. The SMILES string of the molecule is CCCCCCCCCCCCCCCCn1ccc(=O)c(OCc2ccc(O)cc2)c1C(C)=O. The summed E-state index contributed by atoms with van der Waals surface area (Å²) in [6, 6.07) is 8.09. The third kappa shape index (κ3) is 11.1. The van der Waals surface area contributed by atoms with E-state index in [1.165, 1.54) is 90.0 Å². The molecule has 0 saturated heterocycles. The summed E-state index contributed by atoms with van der Waals surface area (Å²) in [6.07, 6.45) is 19.9. The van der Waals surface area contributed by atoms with Gasteiger partial charge in [-0.15, -0.1) is 0 Å². The number of ketones is 1. The third-order valence-corrected chi connectivity index (χ3v) is 6.54. The molecule has 194 valence electrons. The number of carbonyl (C=O) groups excluding carboxylic acids is 1. The number of hydrogen-bond acceptors (Lipinski definition) is 4. The van der Waals surface area contributed by atoms with Gasteiger partial charge >= 0.3 is 0 Å². The van der Waals surface area contributed by atoms with E-state index in [9.17, 15) is 14.7 Å². The number of pyridine rings is 1. The molecule has 0 unspecified atom stereocenters. The molecule has 0 amide bonds. The van der Waals surface area contributed by atoms with Crippen LogP contribution >= 0.6 is 0 Å². The summed E-state index contributed by atoms with van der Waals surface area (Å²) in [5, 5.41) is 9.43. The van der Waals surface area contributed by atoms with E-state index in [-0.39, 0.29) is 29.3 Å². The molecule has 2 aromatic rings. The Kier molecular flexibility index (Phi) is 13.9. The van der Waals surface area contributed by atoms with Crippen LogP contribution in [0.2, 0.25) is 0 Å². The fourth-order valence-corrected chi connectivity index (χ4v) is 4.47. The van der Waals surface area contributed by atoms with Crippen molar-refractivity contribution in [3.63, 3.8) is 0 Å². The van der Waals surface area contributed by atoms with Crippen molar-refractivity contribution in [1.82, 2.24) is 4.57 Å². The molecule has 0 radical (unpaired) electrons. The number of phenols is 1. The lowest BCUT2D eigenvalue weighted by Gasteiger charge is -2.16. The van der Waals surface area contributed by atoms with E-state index in [2.05, 4.69) is 6.92 Å². The molecule has 1 aromatic carbocycles. The van der Waals surface area contributed by atoms with E-state index >= 15 is 0 Å². The Morgan fingerprint density at radius 2 is 1.31 bits per heavy atom. The second-order valence-corrected chi connectivity index (χ2v) is 9.66. The maximum atomic E-state index is 12.4. The number of carbonyl (C=O) groups is 1. The fraction of sp³-hybridized carbons (Fsp3) is 0.600. The summed E-state index contributed by atoms with van der Waals surface area (Å²) in [6.45, 7) is 4.60. The van der Waals surface area contributed by atoms with Gasteiger partial charge in [0.1, 0.15) is 18.1 Å². The van der Waals surface area contributed by atoms with Crippen molar-refractivity contribution < 1.29 is 14.6 Å². The number of unbranched alkanes of at least 4 members (excludes halogenated alkanes) is 13. The maximum Gasteiger partial charge on any atom is 0.224 e. The molecule has 1 heterocycles. The summed E-state index contributed by atoms with van der Waals surface area (Å²) >= 11 is 0. The van der Waals surface area contributed by atoms with Crippen LogP contribution in [0.3, 0.4) is 0 Å². The fourth-order valence-electron chi connectivity index (χ4n) is 4.47. The normalized spacial score (nSPS) is 11.0. The van der Waals surface area contributed by atoms with Crippen LogP contribution in [0.15, 0.2) is 41.3 Å². The van der Waals surface area contributed by atoms with E-state index in [0.717, 1.165) is 18.4 Å². The Balaban J connectivity index is 1.70. The van der Waals surface area contributed by atoms with E-state index in [4.69, 9.17) is 4.74 Å². The van der Waals surface area contributed by atoms with Gasteiger partial charge in [-0.2, -0.15) is 0 Å². The first-order valence-electron chi connectivity index (χ1n) is 13.7. The van der Waals surface area contributed by atoms with Crippen molar-refractivity contribution in [3.8, 4) is 11.5 Å². The molecule has 0 aliphatic rings. The summed E-state index contributed by atoms with van der Waals surface area (Å²) in [5.41, 5.74) is 0.872. The van der Waals surface area contributed by atoms with Gasteiger partial charge in [0.2, 0.25) is 5.43 Å². The molecule has 0 saturated carbocycles. The topological polar surface area (TPSA) is 68.5 Å². The highest BCUT2D eigenvalue weighted by Crippen LogP contribution is 2.19. The second-order valence-electron chi connectivity index (χ2n) is 9.66. The number of ether oxygens (including phenoxy) is 1. The minimum absolute atomic E-state index is 0.110. The van der Waals surface area contributed by atoms with Gasteiger partial charge in [-0.25, -0.2) is 0 Å². The molecule has 35 heavy (non-hydrogen) atoms. The van der Waals surface area contributed by atoms with Crippen LogP contribution in [0, 0.1) is 0 Å². The Hall–Kier alpha value is -2.56. The zero-order chi connectivity index (χ0) is 25.3. The number of nitrogens with zero attached hydrogens (tertiary/aromatic N) is 1. The number of aryl methyl sites for hydroxylation is 1. The summed E-state index contributed by atoms with van der Waals surface area (Å²) in [5.74, 6) is 0.112. The number of hydrogen-bond donors (Lipinski definition) is 1. The standard InChI is InChI=1S/C30H45NO4/c1-3-4-5-6-7-8-9-10-11-12-13-14-15-16-22-31-23-21-28(34)30(29(31)25(2)32)35-24-26-17-19-27(33)20-18-26/h17-21,23,33H,3-16,22,24H2,1-2H3. The van der Waals surface area contributed by atoms with Crippen LogP contribution in [0.5, 0.6) is 11.5 Å². The third-order valence-electron chi connectivity index (χ3n) is 6.54. The van der Waals surface area contributed by atoms with Gasteiger partial charge in [-0.1, -0.05) is 103 Å². The monoisotopic (exact) mass is 483 g/mol. The smallest absolute Gasteiger partial charge is 0.224 e. The molecule has 0 aliphatic heterocycles. The highest BCUT2D eigenvalue weighted by Gasteiger charge is 2.17. The molecule has 5 nitrogen and oxygen atoms in total. The molecule has 1 N–H and O–H groups in total. The van der Waals surface area contributed by atoms with Crippen molar-refractivity contribution in [1.29, 1.82) is 0 Å². The second kappa shape index (κ2) is 17.0. The van der Waals surface area contributed by atoms with Gasteiger partial charge in [-0.05, 0) is 24.1 Å². The molecule has 2 rings (SSSR count). The first-order valence-corrected chi connectivity index (χ1v) is 13.7. The average Bonchev–Trinajstić information content (AvgIpc) is 2.84. The number of aromatic hydroxyl groups is 1. The zero-order valence-corrected chi connectivity index (χ0v) is 21.9. The summed E-state index contributed by atoms with van der Waals surface area (Å²) in [4.78, 5) is 24.8. The van der Waals surface area contributed by atoms with Crippen LogP contribution in [0.25, 0.3) is 0 Å². The lowest BCUT2D eigenvalue weighted by Crippen LogP contribution is -2.19. The molecule has 0 spiro atoms. The van der Waals surface area contributed by atoms with Crippen molar-refractivity contribution >= 4 is 5.78 Å². The molecule has 0 atom stereocenters. The Labute approximate surface area is 211 Å². The van der Waals surface area contributed by atoms with E-state index in [0.29, 0.717) is 12.2 Å². The molecular weight excluding hydrogens is 438 g/mol. The number of rotatable bonds is 19. The summed E-state index contributed by atoms with van der Waals surface area (Å²) < 4.78 is 7.64. The van der Waals surface area contributed by atoms with Gasteiger partial charge in [0, 0.05) is 25.7 Å².